The smallest absolute Gasteiger partial charge is 0.282 e. The molecule has 0 saturated carbocycles. The van der Waals surface area contributed by atoms with E-state index in [1.54, 1.807) is 49.8 Å². The van der Waals surface area contributed by atoms with Crippen LogP contribution in [0.2, 0.25) is 0 Å². The zero-order chi connectivity index (χ0) is 21.5. The molecule has 0 aromatic heterocycles. The molecule has 0 saturated heterocycles. The molecule has 0 unspecified atom stereocenters. The second-order valence-corrected chi connectivity index (χ2v) is 13.8. The van der Waals surface area contributed by atoms with Gasteiger partial charge >= 0.3 is 0 Å². The van der Waals surface area contributed by atoms with Crippen molar-refractivity contribution >= 4 is 17.4 Å². The van der Waals surface area contributed by atoms with Crippen molar-refractivity contribution in [2.45, 2.75) is 90.9 Å². The molecular formula is C23H44O3PS+. The Morgan fingerprint density at radius 3 is 1.36 bits per heavy atom. The molecule has 0 atom stereocenters. The Balaban J connectivity index is 0.000000567. The number of aryl methyl sites for hydroxylation is 1. The number of rotatable bonds is 13. The van der Waals surface area contributed by atoms with Gasteiger partial charge in [0.1, 0.15) is 0 Å². The van der Waals surface area contributed by atoms with Crippen molar-refractivity contribution in [1.29, 1.82) is 0 Å². The van der Waals surface area contributed by atoms with Crippen LogP contribution in [-0.4, -0.2) is 37.6 Å². The van der Waals surface area contributed by atoms with E-state index < -0.39 is 17.4 Å². The van der Waals surface area contributed by atoms with E-state index in [1.165, 1.54) is 57.4 Å². The number of benzene rings is 1. The minimum Gasteiger partial charge on any atom is -0.282 e. The molecule has 0 aliphatic rings. The molecule has 0 amide bonds. The van der Waals surface area contributed by atoms with E-state index in [0.717, 1.165) is 0 Å². The first-order valence-electron chi connectivity index (χ1n) is 11.1. The maximum atomic E-state index is 10.6. The van der Waals surface area contributed by atoms with E-state index in [1.807, 2.05) is 0 Å². The number of hydrogen-bond acceptors (Lipinski definition) is 2. The summed E-state index contributed by atoms with van der Waals surface area (Å²) >= 11 is 0. The van der Waals surface area contributed by atoms with Gasteiger partial charge in [-0.2, -0.15) is 8.42 Å². The largest absolute Gasteiger partial charge is 0.294 e. The standard InChI is InChI=1S/C16H36P.C7H8O3S/c1-5-9-13-17(14-10-6-2,15-11-7-3)16-12-8-4;1-6-4-2-3-5-7(6)11(8,9)10/h5-16H2,1-4H3;2-5H,1H3,(H,8,9,10)/q+1;. The molecule has 1 N–H and O–H groups in total. The van der Waals surface area contributed by atoms with Crippen LogP contribution in [0.15, 0.2) is 29.2 Å². The van der Waals surface area contributed by atoms with Gasteiger partial charge in [-0.3, -0.25) is 4.55 Å². The van der Waals surface area contributed by atoms with Gasteiger partial charge in [0.25, 0.3) is 10.1 Å². The predicted octanol–water partition coefficient (Wildman–Crippen LogP) is 7.45. The summed E-state index contributed by atoms with van der Waals surface area (Å²) in [7, 11) is -4.60. The van der Waals surface area contributed by atoms with Crippen LogP contribution >= 0.6 is 7.26 Å². The lowest BCUT2D eigenvalue weighted by Gasteiger charge is -2.28. The van der Waals surface area contributed by atoms with Gasteiger partial charge in [0, 0.05) is 7.26 Å². The molecule has 0 spiro atoms. The molecule has 1 aromatic carbocycles. The summed E-state index contributed by atoms with van der Waals surface area (Å²) in [5.74, 6) is 0. The van der Waals surface area contributed by atoms with Crippen molar-refractivity contribution in [3.63, 3.8) is 0 Å². The van der Waals surface area contributed by atoms with E-state index in [9.17, 15) is 8.42 Å². The van der Waals surface area contributed by atoms with Crippen molar-refractivity contribution < 1.29 is 13.0 Å². The predicted molar refractivity (Wildman–Crippen MR) is 127 cm³/mol. The quantitative estimate of drug-likeness (QED) is 0.261. The van der Waals surface area contributed by atoms with Crippen LogP contribution < -0.4 is 0 Å². The number of hydrogen-bond donors (Lipinski definition) is 1. The first kappa shape index (κ1) is 27.6. The second-order valence-electron chi connectivity index (χ2n) is 7.89. The van der Waals surface area contributed by atoms with Gasteiger partial charge in [0.05, 0.1) is 29.5 Å². The molecule has 1 rings (SSSR count). The summed E-state index contributed by atoms with van der Waals surface area (Å²) < 4.78 is 29.9. The highest BCUT2D eigenvalue weighted by atomic mass is 32.2. The normalized spacial score (nSPS) is 11.8. The van der Waals surface area contributed by atoms with E-state index in [-0.39, 0.29) is 4.90 Å². The van der Waals surface area contributed by atoms with Crippen molar-refractivity contribution in [3.05, 3.63) is 29.8 Å². The lowest BCUT2D eigenvalue weighted by Crippen LogP contribution is -2.12. The third-order valence-electron chi connectivity index (χ3n) is 5.32. The van der Waals surface area contributed by atoms with Gasteiger partial charge < -0.3 is 0 Å². The fourth-order valence-electron chi connectivity index (χ4n) is 3.49. The maximum absolute atomic E-state index is 10.6. The van der Waals surface area contributed by atoms with E-state index in [2.05, 4.69) is 27.7 Å². The Kier molecular flexibility index (Phi) is 15.2. The molecule has 0 fully saturated rings. The highest BCUT2D eigenvalue weighted by Gasteiger charge is 2.34. The third-order valence-corrected chi connectivity index (χ3v) is 11.4. The van der Waals surface area contributed by atoms with Crippen LogP contribution in [-0.2, 0) is 10.1 Å². The van der Waals surface area contributed by atoms with Crippen LogP contribution in [0.25, 0.3) is 0 Å². The summed E-state index contributed by atoms with van der Waals surface area (Å²) in [6, 6.07) is 6.27. The van der Waals surface area contributed by atoms with Crippen LogP contribution in [0.1, 0.15) is 84.6 Å². The molecule has 0 aliphatic carbocycles. The Morgan fingerprint density at radius 2 is 1.11 bits per heavy atom. The molecule has 0 radical (unpaired) electrons. The summed E-state index contributed by atoms with van der Waals surface area (Å²) in [4.78, 5) is -0.0278. The molecule has 5 heteroatoms. The zero-order valence-electron chi connectivity index (χ0n) is 18.9. The molecule has 1 aromatic rings. The highest BCUT2D eigenvalue weighted by Crippen LogP contribution is 2.61. The average Bonchev–Trinajstić information content (AvgIpc) is 2.67. The molecule has 0 heterocycles. The van der Waals surface area contributed by atoms with E-state index >= 15 is 0 Å². The van der Waals surface area contributed by atoms with Gasteiger partial charge in [0.2, 0.25) is 0 Å². The molecule has 164 valence electrons. The van der Waals surface area contributed by atoms with Crippen LogP contribution in [0.4, 0.5) is 0 Å². The van der Waals surface area contributed by atoms with Crippen molar-refractivity contribution in [3.8, 4) is 0 Å². The summed E-state index contributed by atoms with van der Waals surface area (Å²) in [6.45, 7) is 11.0. The van der Waals surface area contributed by atoms with Crippen molar-refractivity contribution in [1.82, 2.24) is 0 Å². The average molecular weight is 432 g/mol. The van der Waals surface area contributed by atoms with E-state index in [4.69, 9.17) is 4.55 Å². The lowest BCUT2D eigenvalue weighted by molar-refractivity contribution is 0.482. The minimum absolute atomic E-state index is 0.0278. The fraction of sp³-hybridized carbons (Fsp3) is 0.739. The molecular weight excluding hydrogens is 387 g/mol. The van der Waals surface area contributed by atoms with Crippen molar-refractivity contribution in [2.24, 2.45) is 0 Å². The van der Waals surface area contributed by atoms with Gasteiger partial charge in [-0.15, -0.1) is 0 Å². The van der Waals surface area contributed by atoms with Gasteiger partial charge in [-0.1, -0.05) is 71.6 Å². The summed E-state index contributed by atoms with van der Waals surface area (Å²) in [5, 5.41) is 0. The van der Waals surface area contributed by atoms with Crippen LogP contribution in [0.5, 0.6) is 0 Å². The van der Waals surface area contributed by atoms with Crippen LogP contribution in [0, 0.1) is 6.92 Å². The summed E-state index contributed by atoms with van der Waals surface area (Å²) in [5.41, 5.74) is 0.551. The SMILES string of the molecule is CCCC[P+](CCCC)(CCCC)CCCC.Cc1ccccc1S(=O)(=O)O. The Labute approximate surface area is 175 Å². The molecule has 3 nitrogen and oxygen atoms in total. The van der Waals surface area contributed by atoms with Gasteiger partial charge in [-0.05, 0) is 44.2 Å². The minimum atomic E-state index is -4.03. The first-order valence-corrected chi connectivity index (χ1v) is 15.1. The third kappa shape index (κ3) is 11.5. The number of unbranched alkanes of at least 4 members (excludes halogenated alkanes) is 4. The molecule has 0 aliphatic heterocycles. The molecule has 28 heavy (non-hydrogen) atoms. The van der Waals surface area contributed by atoms with Crippen LogP contribution in [0.3, 0.4) is 0 Å². The maximum Gasteiger partial charge on any atom is 0.294 e. The summed E-state index contributed by atoms with van der Waals surface area (Å²) in [6.07, 6.45) is 17.9. The lowest BCUT2D eigenvalue weighted by atomic mass is 10.2. The monoisotopic (exact) mass is 431 g/mol. The Bertz CT molecular complexity index is 577. The van der Waals surface area contributed by atoms with Gasteiger partial charge in [-0.25, -0.2) is 0 Å². The molecule has 0 bridgehead atoms. The first-order chi connectivity index (χ1) is 13.3. The van der Waals surface area contributed by atoms with Gasteiger partial charge in [0.15, 0.2) is 0 Å². The Hall–Kier alpha value is -0.440. The fourth-order valence-corrected chi connectivity index (χ4v) is 9.51. The highest BCUT2D eigenvalue weighted by molar-refractivity contribution is 7.85. The topological polar surface area (TPSA) is 54.4 Å². The Morgan fingerprint density at radius 1 is 0.750 bits per heavy atom. The zero-order valence-corrected chi connectivity index (χ0v) is 20.6. The second kappa shape index (κ2) is 15.4. The van der Waals surface area contributed by atoms with E-state index in [0.29, 0.717) is 5.56 Å². The van der Waals surface area contributed by atoms with Crippen molar-refractivity contribution in [2.75, 3.05) is 24.6 Å².